The van der Waals surface area contributed by atoms with E-state index in [9.17, 15) is 4.57 Å². The van der Waals surface area contributed by atoms with E-state index < -0.39 is 7.14 Å². The summed E-state index contributed by atoms with van der Waals surface area (Å²) in [7, 11) is -2.28. The first-order valence-corrected chi connectivity index (χ1v) is 6.25. The van der Waals surface area contributed by atoms with Gasteiger partial charge in [0.05, 0.1) is 12.0 Å². The second-order valence-electron chi connectivity index (χ2n) is 3.03. The fraction of sp³-hybridized carbons (Fsp3) is 0.375. The number of aromatic nitrogens is 1. The van der Waals surface area contributed by atoms with Gasteiger partial charge in [-0.3, -0.25) is 4.98 Å². The lowest BCUT2D eigenvalue weighted by Gasteiger charge is -2.05. The number of aliphatic hydroxyl groups excluding tert-OH is 1. The number of rotatable bonds is 2. The molecule has 1 N–H and O–H groups in total. The van der Waals surface area contributed by atoms with Crippen molar-refractivity contribution in [2.45, 2.75) is 6.61 Å². The minimum Gasteiger partial charge on any atom is -0.392 e. The molecule has 0 atom stereocenters. The van der Waals surface area contributed by atoms with Crippen molar-refractivity contribution in [3.8, 4) is 0 Å². The molecule has 0 saturated carbocycles. The highest BCUT2D eigenvalue weighted by Crippen LogP contribution is 2.33. The lowest BCUT2D eigenvalue weighted by atomic mass is 10.3. The topological polar surface area (TPSA) is 50.2 Å². The molecular weight excluding hydrogens is 173 g/mol. The van der Waals surface area contributed by atoms with Gasteiger partial charge >= 0.3 is 0 Å². The second-order valence-corrected chi connectivity index (χ2v) is 6.19. The maximum absolute atomic E-state index is 11.5. The zero-order valence-corrected chi connectivity index (χ0v) is 8.08. The van der Waals surface area contributed by atoms with Crippen LogP contribution in [0.5, 0.6) is 0 Å². The highest BCUT2D eigenvalue weighted by molar-refractivity contribution is 7.69. The summed E-state index contributed by atoms with van der Waals surface area (Å²) in [6.07, 6.45) is 1.57. The van der Waals surface area contributed by atoms with Gasteiger partial charge in [-0.25, -0.2) is 0 Å². The van der Waals surface area contributed by atoms with Gasteiger partial charge in [-0.15, -0.1) is 0 Å². The normalized spacial score (nSPS) is 11.6. The second kappa shape index (κ2) is 3.38. The van der Waals surface area contributed by atoms with Crippen LogP contribution in [0.3, 0.4) is 0 Å². The van der Waals surface area contributed by atoms with E-state index in [1.54, 1.807) is 31.7 Å². The SMILES string of the molecule is CP(C)(=O)c1cc(CO)ccn1. The molecular formula is C8H12NO2P. The Kier molecular flexibility index (Phi) is 2.65. The number of aliphatic hydroxyl groups is 1. The summed E-state index contributed by atoms with van der Waals surface area (Å²) < 4.78 is 11.5. The zero-order chi connectivity index (χ0) is 9.19. The molecule has 0 aliphatic heterocycles. The summed E-state index contributed by atoms with van der Waals surface area (Å²) in [5, 5.41) is 8.81. The van der Waals surface area contributed by atoms with Crippen molar-refractivity contribution in [3.05, 3.63) is 23.9 Å². The molecule has 1 aromatic heterocycles. The van der Waals surface area contributed by atoms with Gasteiger partial charge in [0.1, 0.15) is 7.14 Å². The molecule has 0 saturated heterocycles. The zero-order valence-electron chi connectivity index (χ0n) is 7.19. The standard InChI is InChI=1S/C8H12NO2P/c1-12(2,11)8-5-7(6-10)3-4-9-8/h3-5,10H,6H2,1-2H3. The lowest BCUT2D eigenvalue weighted by Crippen LogP contribution is -2.08. The molecule has 1 rings (SSSR count). The van der Waals surface area contributed by atoms with Crippen molar-refractivity contribution in [1.29, 1.82) is 0 Å². The first kappa shape index (κ1) is 9.43. The molecule has 66 valence electrons. The fourth-order valence-corrected chi connectivity index (χ4v) is 1.67. The predicted molar refractivity (Wildman–Crippen MR) is 49.2 cm³/mol. The summed E-state index contributed by atoms with van der Waals surface area (Å²) in [5.74, 6) is 0. The number of hydrogen-bond donors (Lipinski definition) is 1. The molecule has 0 amide bonds. The number of hydrogen-bond acceptors (Lipinski definition) is 3. The maximum Gasteiger partial charge on any atom is 0.127 e. The molecule has 0 spiro atoms. The first-order valence-electron chi connectivity index (χ1n) is 3.65. The highest BCUT2D eigenvalue weighted by atomic mass is 31.2. The van der Waals surface area contributed by atoms with Crippen LogP contribution in [0.1, 0.15) is 5.56 Å². The summed E-state index contributed by atoms with van der Waals surface area (Å²) in [6, 6.07) is 3.39. The van der Waals surface area contributed by atoms with Crippen LogP contribution in [0.4, 0.5) is 0 Å². The van der Waals surface area contributed by atoms with Crippen LogP contribution in [0.2, 0.25) is 0 Å². The van der Waals surface area contributed by atoms with Crippen molar-refractivity contribution >= 4 is 12.6 Å². The Balaban J connectivity index is 3.11. The molecule has 3 nitrogen and oxygen atoms in total. The van der Waals surface area contributed by atoms with E-state index in [1.165, 1.54) is 0 Å². The van der Waals surface area contributed by atoms with Gasteiger partial charge in [0.15, 0.2) is 0 Å². The third-order valence-corrected chi connectivity index (χ3v) is 2.89. The molecule has 0 unspecified atom stereocenters. The molecule has 0 bridgehead atoms. The summed E-state index contributed by atoms with van der Waals surface area (Å²) in [6.45, 7) is 3.29. The van der Waals surface area contributed by atoms with Crippen molar-refractivity contribution in [2.24, 2.45) is 0 Å². The van der Waals surface area contributed by atoms with E-state index in [-0.39, 0.29) is 6.61 Å². The van der Waals surface area contributed by atoms with E-state index in [1.807, 2.05) is 0 Å². The molecule has 0 aromatic carbocycles. The van der Waals surface area contributed by atoms with E-state index >= 15 is 0 Å². The number of pyridine rings is 1. The first-order chi connectivity index (χ1) is 5.54. The summed E-state index contributed by atoms with van der Waals surface area (Å²) in [4.78, 5) is 3.98. The minimum absolute atomic E-state index is 0.0322. The Hall–Kier alpha value is -0.660. The van der Waals surface area contributed by atoms with Crippen LogP contribution >= 0.6 is 7.14 Å². The van der Waals surface area contributed by atoms with Gasteiger partial charge in [-0.05, 0) is 31.0 Å². The van der Waals surface area contributed by atoms with Crippen molar-refractivity contribution in [2.75, 3.05) is 13.3 Å². The Morgan fingerprint density at radius 2 is 2.25 bits per heavy atom. The van der Waals surface area contributed by atoms with E-state index in [0.717, 1.165) is 5.56 Å². The van der Waals surface area contributed by atoms with Gasteiger partial charge in [0.2, 0.25) is 0 Å². The van der Waals surface area contributed by atoms with Gasteiger partial charge in [0.25, 0.3) is 0 Å². The monoisotopic (exact) mass is 185 g/mol. The molecule has 1 heterocycles. The largest absolute Gasteiger partial charge is 0.392 e. The van der Waals surface area contributed by atoms with Gasteiger partial charge in [-0.1, -0.05) is 0 Å². The smallest absolute Gasteiger partial charge is 0.127 e. The molecule has 12 heavy (non-hydrogen) atoms. The van der Waals surface area contributed by atoms with E-state index in [2.05, 4.69) is 4.98 Å². The maximum atomic E-state index is 11.5. The molecule has 1 aromatic rings. The Morgan fingerprint density at radius 1 is 1.58 bits per heavy atom. The van der Waals surface area contributed by atoms with Gasteiger partial charge < -0.3 is 9.67 Å². The Labute approximate surface area is 71.8 Å². The Morgan fingerprint density at radius 3 is 2.75 bits per heavy atom. The minimum atomic E-state index is -2.28. The van der Waals surface area contributed by atoms with Crippen LogP contribution in [-0.4, -0.2) is 23.4 Å². The van der Waals surface area contributed by atoms with Crippen molar-refractivity contribution in [1.82, 2.24) is 4.98 Å². The highest BCUT2D eigenvalue weighted by Gasteiger charge is 2.12. The number of nitrogens with zero attached hydrogens (tertiary/aromatic N) is 1. The average Bonchev–Trinajstić information content (AvgIpc) is 2.03. The van der Waals surface area contributed by atoms with Gasteiger partial charge in [-0.2, -0.15) is 0 Å². The van der Waals surface area contributed by atoms with E-state index in [0.29, 0.717) is 5.44 Å². The molecule has 0 aliphatic rings. The van der Waals surface area contributed by atoms with Crippen molar-refractivity contribution in [3.63, 3.8) is 0 Å². The quantitative estimate of drug-likeness (QED) is 0.694. The van der Waals surface area contributed by atoms with Crippen LogP contribution in [0.15, 0.2) is 18.3 Å². The molecule has 0 radical (unpaired) electrons. The van der Waals surface area contributed by atoms with Crippen molar-refractivity contribution < 1.29 is 9.67 Å². The van der Waals surface area contributed by atoms with Crippen LogP contribution < -0.4 is 5.44 Å². The molecule has 4 heteroatoms. The Bertz CT molecular complexity index is 319. The summed E-state index contributed by atoms with van der Waals surface area (Å²) >= 11 is 0. The van der Waals surface area contributed by atoms with E-state index in [4.69, 9.17) is 5.11 Å². The third kappa shape index (κ3) is 2.16. The van der Waals surface area contributed by atoms with Crippen LogP contribution in [0, 0.1) is 0 Å². The van der Waals surface area contributed by atoms with Crippen LogP contribution in [-0.2, 0) is 11.2 Å². The predicted octanol–water partition coefficient (Wildman–Crippen LogP) is 0.822. The fourth-order valence-electron chi connectivity index (χ4n) is 0.853. The van der Waals surface area contributed by atoms with Crippen LogP contribution in [0.25, 0.3) is 0 Å². The molecule has 0 fully saturated rings. The summed E-state index contributed by atoms with van der Waals surface area (Å²) in [5.41, 5.74) is 1.33. The third-order valence-electron chi connectivity index (χ3n) is 1.54. The van der Waals surface area contributed by atoms with Gasteiger partial charge in [0, 0.05) is 6.20 Å². The lowest BCUT2D eigenvalue weighted by molar-refractivity contribution is 0.282. The molecule has 0 aliphatic carbocycles. The average molecular weight is 185 g/mol.